The van der Waals surface area contributed by atoms with Gasteiger partial charge in [-0.05, 0) is 38.0 Å². The van der Waals surface area contributed by atoms with Gasteiger partial charge in [0, 0.05) is 12.0 Å². The lowest BCUT2D eigenvalue weighted by atomic mass is 9.98. The van der Waals surface area contributed by atoms with E-state index in [4.69, 9.17) is 19.9 Å². The highest BCUT2D eigenvalue weighted by molar-refractivity contribution is 5.76. The third kappa shape index (κ3) is 3.42. The van der Waals surface area contributed by atoms with Crippen LogP contribution < -0.4 is 15.2 Å². The number of esters is 1. The number of methoxy groups -OCH3 is 2. The molecule has 0 heterocycles. The van der Waals surface area contributed by atoms with Crippen LogP contribution in [0.1, 0.15) is 23.6 Å². The number of ether oxygens (including phenoxy) is 3. The number of rotatable bonds is 6. The van der Waals surface area contributed by atoms with Gasteiger partial charge < -0.3 is 19.9 Å². The molecule has 1 unspecified atom stereocenters. The molecule has 0 aromatic heterocycles. The van der Waals surface area contributed by atoms with Crippen LogP contribution in [0, 0.1) is 13.8 Å². The zero-order valence-corrected chi connectivity index (χ0v) is 12.8. The molecule has 0 saturated carbocycles. The average molecular weight is 281 g/mol. The maximum Gasteiger partial charge on any atom is 0.323 e. The van der Waals surface area contributed by atoms with Crippen molar-refractivity contribution < 1.29 is 19.0 Å². The molecule has 0 bridgehead atoms. The molecule has 0 aliphatic rings. The van der Waals surface area contributed by atoms with Crippen molar-refractivity contribution in [2.24, 2.45) is 5.73 Å². The molecule has 0 aliphatic heterocycles. The molecule has 0 radical (unpaired) electrons. The average Bonchev–Trinajstić information content (AvgIpc) is 2.43. The normalized spacial score (nSPS) is 11.9. The van der Waals surface area contributed by atoms with Gasteiger partial charge in [-0.25, -0.2) is 0 Å². The Balaban J connectivity index is 3.10. The minimum absolute atomic E-state index is 0.319. The predicted octanol–water partition coefficient (Wildman–Crippen LogP) is 1.75. The molecule has 5 nitrogen and oxygen atoms in total. The minimum Gasteiger partial charge on any atom is -0.496 e. The SMILES string of the molecule is CCOC(=O)C(N)Cc1cc(OC)c(C)c(C)c1OC. The van der Waals surface area contributed by atoms with Gasteiger partial charge in [0.1, 0.15) is 17.5 Å². The zero-order valence-electron chi connectivity index (χ0n) is 12.8. The molecule has 112 valence electrons. The highest BCUT2D eigenvalue weighted by Crippen LogP contribution is 2.33. The van der Waals surface area contributed by atoms with E-state index in [1.54, 1.807) is 21.1 Å². The van der Waals surface area contributed by atoms with Crippen LogP contribution in [0.3, 0.4) is 0 Å². The molecule has 0 aliphatic carbocycles. The quantitative estimate of drug-likeness (QED) is 0.804. The fourth-order valence-electron chi connectivity index (χ4n) is 2.15. The molecular weight excluding hydrogens is 258 g/mol. The number of hydrogen-bond donors (Lipinski definition) is 1. The number of benzene rings is 1. The Labute approximate surface area is 120 Å². The summed E-state index contributed by atoms with van der Waals surface area (Å²) >= 11 is 0. The summed E-state index contributed by atoms with van der Waals surface area (Å²) in [7, 11) is 3.22. The second kappa shape index (κ2) is 7.14. The topological polar surface area (TPSA) is 70.8 Å². The van der Waals surface area contributed by atoms with Crippen molar-refractivity contribution in [2.75, 3.05) is 20.8 Å². The van der Waals surface area contributed by atoms with Gasteiger partial charge in [-0.2, -0.15) is 0 Å². The Morgan fingerprint density at radius 3 is 2.40 bits per heavy atom. The molecule has 0 fully saturated rings. The minimum atomic E-state index is -0.712. The standard InChI is InChI=1S/C15H23NO4/c1-6-20-15(17)12(16)7-11-8-13(18-4)9(2)10(3)14(11)19-5/h8,12H,6-7,16H2,1-5H3. The van der Waals surface area contributed by atoms with E-state index in [9.17, 15) is 4.79 Å². The first-order valence-corrected chi connectivity index (χ1v) is 6.59. The van der Waals surface area contributed by atoms with E-state index in [0.29, 0.717) is 13.0 Å². The smallest absolute Gasteiger partial charge is 0.323 e. The maximum atomic E-state index is 11.6. The first-order valence-electron chi connectivity index (χ1n) is 6.59. The largest absolute Gasteiger partial charge is 0.496 e. The van der Waals surface area contributed by atoms with Gasteiger partial charge in [0.25, 0.3) is 0 Å². The number of nitrogens with two attached hydrogens (primary N) is 1. The molecule has 0 saturated heterocycles. The third-order valence-electron chi connectivity index (χ3n) is 3.32. The summed E-state index contributed by atoms with van der Waals surface area (Å²) in [6.07, 6.45) is 0.347. The van der Waals surface area contributed by atoms with Crippen molar-refractivity contribution in [3.63, 3.8) is 0 Å². The summed E-state index contributed by atoms with van der Waals surface area (Å²) < 4.78 is 15.7. The predicted molar refractivity (Wildman–Crippen MR) is 77.3 cm³/mol. The molecular formula is C15H23NO4. The molecule has 1 aromatic carbocycles. The van der Waals surface area contributed by atoms with Gasteiger partial charge in [0.15, 0.2) is 0 Å². The summed E-state index contributed by atoms with van der Waals surface area (Å²) in [5.41, 5.74) is 8.70. The van der Waals surface area contributed by atoms with E-state index < -0.39 is 12.0 Å². The van der Waals surface area contributed by atoms with Crippen LogP contribution in [0.25, 0.3) is 0 Å². The molecule has 1 rings (SSSR count). The van der Waals surface area contributed by atoms with Crippen LogP contribution in [0.5, 0.6) is 11.5 Å². The second-order valence-corrected chi connectivity index (χ2v) is 4.58. The van der Waals surface area contributed by atoms with Crippen LogP contribution in [-0.4, -0.2) is 32.8 Å². The van der Waals surface area contributed by atoms with Crippen LogP contribution in [0.15, 0.2) is 6.07 Å². The zero-order chi connectivity index (χ0) is 15.3. The van der Waals surface area contributed by atoms with E-state index in [1.165, 1.54) is 0 Å². The van der Waals surface area contributed by atoms with Gasteiger partial charge >= 0.3 is 5.97 Å². The highest BCUT2D eigenvalue weighted by Gasteiger charge is 2.20. The number of carbonyl (C=O) groups excluding carboxylic acids is 1. The Morgan fingerprint density at radius 1 is 1.25 bits per heavy atom. The summed E-state index contributed by atoms with van der Waals surface area (Å²) in [5.74, 6) is 1.09. The Hall–Kier alpha value is -1.75. The van der Waals surface area contributed by atoms with E-state index in [0.717, 1.165) is 28.2 Å². The summed E-state index contributed by atoms with van der Waals surface area (Å²) in [6, 6.07) is 1.15. The molecule has 2 N–H and O–H groups in total. The summed E-state index contributed by atoms with van der Waals surface area (Å²) in [5, 5.41) is 0. The van der Waals surface area contributed by atoms with Crippen molar-refractivity contribution in [1.29, 1.82) is 0 Å². The van der Waals surface area contributed by atoms with Crippen molar-refractivity contribution >= 4 is 5.97 Å². The molecule has 1 atom stereocenters. The Morgan fingerprint density at radius 2 is 1.90 bits per heavy atom. The Bertz CT molecular complexity index is 485. The lowest BCUT2D eigenvalue weighted by Crippen LogP contribution is -2.34. The van der Waals surface area contributed by atoms with E-state index in [2.05, 4.69) is 0 Å². The van der Waals surface area contributed by atoms with Crippen molar-refractivity contribution in [3.05, 3.63) is 22.8 Å². The fraction of sp³-hybridized carbons (Fsp3) is 0.533. The van der Waals surface area contributed by atoms with Crippen molar-refractivity contribution in [2.45, 2.75) is 33.2 Å². The number of hydrogen-bond acceptors (Lipinski definition) is 5. The van der Waals surface area contributed by atoms with Gasteiger partial charge in [-0.3, -0.25) is 4.79 Å². The van der Waals surface area contributed by atoms with E-state index >= 15 is 0 Å². The van der Waals surface area contributed by atoms with Gasteiger partial charge in [-0.15, -0.1) is 0 Å². The molecule has 20 heavy (non-hydrogen) atoms. The summed E-state index contributed by atoms with van der Waals surface area (Å²) in [4.78, 5) is 11.6. The first kappa shape index (κ1) is 16.3. The van der Waals surface area contributed by atoms with Crippen LogP contribution in [-0.2, 0) is 16.0 Å². The monoisotopic (exact) mass is 281 g/mol. The Kier molecular flexibility index (Phi) is 5.82. The molecule has 0 spiro atoms. The first-order chi connectivity index (χ1) is 9.46. The van der Waals surface area contributed by atoms with Crippen molar-refractivity contribution in [3.8, 4) is 11.5 Å². The van der Waals surface area contributed by atoms with Crippen LogP contribution in [0.4, 0.5) is 0 Å². The third-order valence-corrected chi connectivity index (χ3v) is 3.32. The lowest BCUT2D eigenvalue weighted by molar-refractivity contribution is -0.144. The maximum absolute atomic E-state index is 11.6. The van der Waals surface area contributed by atoms with Gasteiger partial charge in [0.05, 0.1) is 20.8 Å². The fourth-order valence-corrected chi connectivity index (χ4v) is 2.15. The lowest BCUT2D eigenvalue weighted by Gasteiger charge is -2.18. The number of carbonyl (C=O) groups is 1. The van der Waals surface area contributed by atoms with Crippen LogP contribution in [0.2, 0.25) is 0 Å². The highest BCUT2D eigenvalue weighted by atomic mass is 16.5. The summed E-state index contributed by atoms with van der Waals surface area (Å²) in [6.45, 7) is 5.99. The van der Waals surface area contributed by atoms with Crippen LogP contribution >= 0.6 is 0 Å². The van der Waals surface area contributed by atoms with Crippen molar-refractivity contribution in [1.82, 2.24) is 0 Å². The van der Waals surface area contributed by atoms with Gasteiger partial charge in [-0.1, -0.05) is 0 Å². The molecule has 0 amide bonds. The molecule has 1 aromatic rings. The van der Waals surface area contributed by atoms with E-state index in [1.807, 2.05) is 19.9 Å². The second-order valence-electron chi connectivity index (χ2n) is 4.58. The molecule has 5 heteroatoms. The van der Waals surface area contributed by atoms with E-state index in [-0.39, 0.29) is 0 Å². The van der Waals surface area contributed by atoms with Gasteiger partial charge in [0.2, 0.25) is 0 Å².